The number of ether oxygens (including phenoxy) is 1. The van der Waals surface area contributed by atoms with E-state index < -0.39 is 0 Å². The number of hydrazine groups is 1. The lowest BCUT2D eigenvalue weighted by Gasteiger charge is -2.17. The van der Waals surface area contributed by atoms with Gasteiger partial charge in [0, 0.05) is 0 Å². The zero-order valence-electron chi connectivity index (χ0n) is 10.7. The standard InChI is InChI=1S/C10H14N8O/c1-7(2)19-10-15-8(17-13)14-9(16-10)18(5-3-11)6-4-12/h7H,5-6,13H2,1-2H3,(H,14,15,16,17). The van der Waals surface area contributed by atoms with Crippen LogP contribution in [0.1, 0.15) is 13.8 Å². The Morgan fingerprint density at radius 1 is 1.26 bits per heavy atom. The van der Waals surface area contributed by atoms with Gasteiger partial charge in [-0.1, -0.05) is 0 Å². The molecule has 0 radical (unpaired) electrons. The van der Waals surface area contributed by atoms with E-state index in [9.17, 15) is 0 Å². The van der Waals surface area contributed by atoms with Gasteiger partial charge in [-0.2, -0.15) is 25.5 Å². The molecule has 100 valence electrons. The quantitative estimate of drug-likeness (QED) is 0.405. The molecule has 0 aliphatic rings. The highest BCUT2D eigenvalue weighted by Gasteiger charge is 2.14. The van der Waals surface area contributed by atoms with E-state index >= 15 is 0 Å². The second-order valence-electron chi connectivity index (χ2n) is 3.72. The first-order valence-electron chi connectivity index (χ1n) is 5.49. The number of anilines is 2. The summed E-state index contributed by atoms with van der Waals surface area (Å²) < 4.78 is 5.35. The number of rotatable bonds is 6. The summed E-state index contributed by atoms with van der Waals surface area (Å²) in [7, 11) is 0. The summed E-state index contributed by atoms with van der Waals surface area (Å²) in [4.78, 5) is 13.3. The van der Waals surface area contributed by atoms with Crippen molar-refractivity contribution in [1.29, 1.82) is 10.5 Å². The van der Waals surface area contributed by atoms with Gasteiger partial charge in [-0.25, -0.2) is 5.84 Å². The van der Waals surface area contributed by atoms with Gasteiger partial charge < -0.3 is 9.64 Å². The number of nitrogens with two attached hydrogens (primary N) is 1. The molecule has 9 heteroatoms. The zero-order valence-corrected chi connectivity index (χ0v) is 10.7. The molecular weight excluding hydrogens is 248 g/mol. The van der Waals surface area contributed by atoms with Gasteiger partial charge >= 0.3 is 6.01 Å². The Bertz CT molecular complexity index is 487. The minimum Gasteiger partial charge on any atom is -0.461 e. The fourth-order valence-electron chi connectivity index (χ4n) is 1.18. The molecule has 0 saturated carbocycles. The van der Waals surface area contributed by atoms with E-state index in [1.54, 1.807) is 0 Å². The summed E-state index contributed by atoms with van der Waals surface area (Å²) in [6, 6.07) is 3.94. The van der Waals surface area contributed by atoms with Crippen LogP contribution in [0, 0.1) is 22.7 Å². The third kappa shape index (κ3) is 4.26. The van der Waals surface area contributed by atoms with Gasteiger partial charge in [0.1, 0.15) is 13.1 Å². The van der Waals surface area contributed by atoms with Crippen LogP contribution in [0.5, 0.6) is 6.01 Å². The van der Waals surface area contributed by atoms with Gasteiger partial charge in [0.2, 0.25) is 11.9 Å². The predicted molar refractivity (Wildman–Crippen MR) is 66.8 cm³/mol. The van der Waals surface area contributed by atoms with Gasteiger partial charge in [0.25, 0.3) is 0 Å². The Labute approximate surface area is 110 Å². The predicted octanol–water partition coefficient (Wildman–Crippen LogP) is -0.202. The number of nitrogens with zero attached hydrogens (tertiary/aromatic N) is 6. The number of hydrogen-bond acceptors (Lipinski definition) is 9. The monoisotopic (exact) mass is 262 g/mol. The molecule has 1 aromatic rings. The molecule has 0 aliphatic carbocycles. The van der Waals surface area contributed by atoms with Crippen molar-refractivity contribution in [3.05, 3.63) is 0 Å². The van der Waals surface area contributed by atoms with Crippen LogP contribution in [0.25, 0.3) is 0 Å². The first-order chi connectivity index (χ1) is 9.10. The molecule has 0 spiro atoms. The van der Waals surface area contributed by atoms with Crippen LogP contribution in [0.15, 0.2) is 0 Å². The lowest BCUT2D eigenvalue weighted by molar-refractivity contribution is 0.222. The molecule has 0 aromatic carbocycles. The average Bonchev–Trinajstić information content (AvgIpc) is 2.37. The number of hydrogen-bond donors (Lipinski definition) is 2. The van der Waals surface area contributed by atoms with Crippen LogP contribution in [0.4, 0.5) is 11.9 Å². The molecule has 0 amide bonds. The Kier molecular flexibility index (Phi) is 5.26. The van der Waals surface area contributed by atoms with Crippen LogP contribution >= 0.6 is 0 Å². The third-order valence-corrected chi connectivity index (χ3v) is 1.88. The van der Waals surface area contributed by atoms with Crippen molar-refractivity contribution in [3.63, 3.8) is 0 Å². The molecule has 9 nitrogen and oxygen atoms in total. The van der Waals surface area contributed by atoms with Crippen molar-refractivity contribution in [2.75, 3.05) is 23.4 Å². The molecule has 1 rings (SSSR count). The van der Waals surface area contributed by atoms with Crippen molar-refractivity contribution in [2.45, 2.75) is 20.0 Å². The molecule has 0 fully saturated rings. The fraction of sp³-hybridized carbons (Fsp3) is 0.500. The molecule has 0 atom stereocenters. The van der Waals surface area contributed by atoms with Gasteiger partial charge in [-0.15, -0.1) is 0 Å². The summed E-state index contributed by atoms with van der Waals surface area (Å²) >= 11 is 0. The maximum atomic E-state index is 8.72. The van der Waals surface area contributed by atoms with Crippen molar-refractivity contribution in [3.8, 4) is 18.1 Å². The second kappa shape index (κ2) is 6.93. The largest absolute Gasteiger partial charge is 0.461 e. The van der Waals surface area contributed by atoms with E-state index in [1.807, 2.05) is 26.0 Å². The van der Waals surface area contributed by atoms with E-state index in [-0.39, 0.29) is 37.1 Å². The van der Waals surface area contributed by atoms with E-state index in [4.69, 9.17) is 21.1 Å². The molecule has 0 bridgehead atoms. The SMILES string of the molecule is CC(C)Oc1nc(NN)nc(N(CC#N)CC#N)n1. The maximum absolute atomic E-state index is 8.72. The van der Waals surface area contributed by atoms with Gasteiger partial charge in [-0.3, -0.25) is 5.43 Å². The average molecular weight is 262 g/mol. The van der Waals surface area contributed by atoms with Gasteiger partial charge in [0.15, 0.2) is 0 Å². The van der Waals surface area contributed by atoms with Crippen LogP contribution in [0.3, 0.4) is 0 Å². The molecule has 1 aromatic heterocycles. The molecule has 19 heavy (non-hydrogen) atoms. The second-order valence-corrected chi connectivity index (χ2v) is 3.72. The van der Waals surface area contributed by atoms with Crippen LogP contribution in [0.2, 0.25) is 0 Å². The van der Waals surface area contributed by atoms with Crippen LogP contribution < -0.4 is 20.9 Å². The topological polar surface area (TPSA) is 137 Å². The Hall–Kier alpha value is -2.65. The van der Waals surface area contributed by atoms with Crippen molar-refractivity contribution in [1.82, 2.24) is 15.0 Å². The molecule has 3 N–H and O–H groups in total. The van der Waals surface area contributed by atoms with E-state index in [2.05, 4.69) is 20.4 Å². The van der Waals surface area contributed by atoms with Gasteiger partial charge in [0.05, 0.1) is 18.2 Å². The number of nitriles is 2. The summed E-state index contributed by atoms with van der Waals surface area (Å²) in [6.07, 6.45) is -0.124. The highest BCUT2D eigenvalue weighted by atomic mass is 16.5. The van der Waals surface area contributed by atoms with E-state index in [1.165, 1.54) is 4.90 Å². The minimum atomic E-state index is -0.124. The van der Waals surface area contributed by atoms with Gasteiger partial charge in [-0.05, 0) is 13.8 Å². The van der Waals surface area contributed by atoms with E-state index in [0.717, 1.165) is 0 Å². The molecule has 0 saturated heterocycles. The first kappa shape index (κ1) is 14.4. The number of nitrogen functional groups attached to an aromatic ring is 1. The molecule has 1 heterocycles. The normalized spacial score (nSPS) is 9.58. The first-order valence-corrected chi connectivity index (χ1v) is 5.49. The van der Waals surface area contributed by atoms with Crippen molar-refractivity contribution < 1.29 is 4.74 Å². The molecular formula is C10H14N8O. The van der Waals surface area contributed by atoms with Crippen molar-refractivity contribution in [2.24, 2.45) is 5.84 Å². The molecule has 0 aliphatic heterocycles. The Balaban J connectivity index is 3.10. The summed E-state index contributed by atoms with van der Waals surface area (Å²) in [5.74, 6) is 5.51. The zero-order chi connectivity index (χ0) is 14.3. The maximum Gasteiger partial charge on any atom is 0.323 e. The summed E-state index contributed by atoms with van der Waals surface area (Å²) in [6.45, 7) is 3.59. The Morgan fingerprint density at radius 3 is 2.37 bits per heavy atom. The minimum absolute atomic E-state index is 0.0251. The third-order valence-electron chi connectivity index (χ3n) is 1.88. The fourth-order valence-corrected chi connectivity index (χ4v) is 1.18. The highest BCUT2D eigenvalue weighted by molar-refractivity contribution is 5.39. The number of aromatic nitrogens is 3. The Morgan fingerprint density at radius 2 is 1.89 bits per heavy atom. The summed E-state index contributed by atoms with van der Waals surface area (Å²) in [5.41, 5.74) is 2.29. The lowest BCUT2D eigenvalue weighted by atomic mass is 10.5. The van der Waals surface area contributed by atoms with E-state index in [0.29, 0.717) is 0 Å². The smallest absolute Gasteiger partial charge is 0.323 e. The van der Waals surface area contributed by atoms with Crippen molar-refractivity contribution >= 4 is 11.9 Å². The lowest BCUT2D eigenvalue weighted by Crippen LogP contribution is -2.27. The summed E-state index contributed by atoms with van der Waals surface area (Å²) in [5, 5.41) is 17.4. The number of nitrogens with one attached hydrogen (secondary N) is 1. The highest BCUT2D eigenvalue weighted by Crippen LogP contribution is 2.15. The van der Waals surface area contributed by atoms with Crippen LogP contribution in [-0.2, 0) is 0 Å². The van der Waals surface area contributed by atoms with Crippen LogP contribution in [-0.4, -0.2) is 34.1 Å². The molecule has 0 unspecified atom stereocenters.